The highest BCUT2D eigenvalue weighted by Gasteiger charge is 2.15. The first kappa shape index (κ1) is 16.4. The van der Waals surface area contributed by atoms with Gasteiger partial charge in [-0.2, -0.15) is 0 Å². The molecule has 0 aliphatic carbocycles. The molecule has 0 amide bonds. The normalized spacial score (nSPS) is 11.5. The van der Waals surface area contributed by atoms with E-state index >= 15 is 0 Å². The van der Waals surface area contributed by atoms with Crippen LogP contribution in [-0.2, 0) is 5.41 Å². The Hall–Kier alpha value is -2.48. The first-order valence-electron chi connectivity index (χ1n) is 8.34. The van der Waals surface area contributed by atoms with E-state index in [2.05, 4.69) is 87.1 Å². The summed E-state index contributed by atoms with van der Waals surface area (Å²) in [4.78, 5) is 9.15. The maximum atomic E-state index is 4.57. The summed E-state index contributed by atoms with van der Waals surface area (Å²) in [5, 5.41) is 0. The standard InChI is InChI=1S/C22H24N2/c1-15-9-16(2)11-19(10-15)17-7-6-8-18(12-17)21-23-13-20(14-24-21)22(3,4)5/h6-14H,1-5H3. The van der Waals surface area contributed by atoms with Gasteiger partial charge in [-0.15, -0.1) is 0 Å². The second-order valence-corrected chi connectivity index (χ2v) is 7.50. The Morgan fingerprint density at radius 2 is 1.29 bits per heavy atom. The van der Waals surface area contributed by atoms with E-state index in [0.29, 0.717) is 0 Å². The lowest BCUT2D eigenvalue weighted by Gasteiger charge is -2.17. The third-order valence-corrected chi connectivity index (χ3v) is 4.19. The second kappa shape index (κ2) is 6.20. The zero-order valence-corrected chi connectivity index (χ0v) is 15.1. The summed E-state index contributed by atoms with van der Waals surface area (Å²) in [7, 11) is 0. The van der Waals surface area contributed by atoms with Gasteiger partial charge in [0.25, 0.3) is 0 Å². The molecule has 0 bridgehead atoms. The summed E-state index contributed by atoms with van der Waals surface area (Å²) in [6.07, 6.45) is 3.87. The highest BCUT2D eigenvalue weighted by atomic mass is 14.9. The smallest absolute Gasteiger partial charge is 0.159 e. The van der Waals surface area contributed by atoms with Gasteiger partial charge >= 0.3 is 0 Å². The van der Waals surface area contributed by atoms with E-state index in [-0.39, 0.29) is 5.41 Å². The molecule has 0 saturated carbocycles. The van der Waals surface area contributed by atoms with Crippen LogP contribution in [0.25, 0.3) is 22.5 Å². The fourth-order valence-electron chi connectivity index (χ4n) is 2.84. The molecule has 0 saturated heterocycles. The molecule has 3 rings (SSSR count). The molecule has 3 aromatic rings. The first-order chi connectivity index (χ1) is 11.3. The summed E-state index contributed by atoms with van der Waals surface area (Å²) < 4.78 is 0. The predicted octanol–water partition coefficient (Wildman–Crippen LogP) is 5.72. The van der Waals surface area contributed by atoms with Crippen LogP contribution < -0.4 is 0 Å². The summed E-state index contributed by atoms with van der Waals surface area (Å²) >= 11 is 0. The minimum Gasteiger partial charge on any atom is -0.236 e. The van der Waals surface area contributed by atoms with Crippen molar-refractivity contribution < 1.29 is 0 Å². The third-order valence-electron chi connectivity index (χ3n) is 4.19. The van der Waals surface area contributed by atoms with Crippen LogP contribution in [0.2, 0.25) is 0 Å². The summed E-state index contributed by atoms with van der Waals surface area (Å²) in [5.41, 5.74) is 7.26. The molecule has 0 radical (unpaired) electrons. The van der Waals surface area contributed by atoms with E-state index < -0.39 is 0 Å². The third kappa shape index (κ3) is 3.53. The van der Waals surface area contributed by atoms with Gasteiger partial charge in [-0.25, -0.2) is 9.97 Å². The average Bonchev–Trinajstić information content (AvgIpc) is 2.53. The van der Waals surface area contributed by atoms with Crippen molar-refractivity contribution in [1.82, 2.24) is 9.97 Å². The van der Waals surface area contributed by atoms with Gasteiger partial charge in [0.05, 0.1) is 0 Å². The molecule has 0 N–H and O–H groups in total. The highest BCUT2D eigenvalue weighted by molar-refractivity contribution is 5.71. The molecule has 0 unspecified atom stereocenters. The van der Waals surface area contributed by atoms with Gasteiger partial charge in [0.15, 0.2) is 5.82 Å². The lowest BCUT2D eigenvalue weighted by Crippen LogP contribution is -2.12. The van der Waals surface area contributed by atoms with Crippen molar-refractivity contribution in [3.05, 3.63) is 71.5 Å². The van der Waals surface area contributed by atoms with E-state index in [1.165, 1.54) is 22.3 Å². The van der Waals surface area contributed by atoms with Crippen molar-refractivity contribution in [1.29, 1.82) is 0 Å². The van der Waals surface area contributed by atoms with Crippen molar-refractivity contribution in [2.24, 2.45) is 0 Å². The van der Waals surface area contributed by atoms with Crippen LogP contribution in [0.3, 0.4) is 0 Å². The highest BCUT2D eigenvalue weighted by Crippen LogP contribution is 2.27. The van der Waals surface area contributed by atoms with Crippen LogP contribution in [0.4, 0.5) is 0 Å². The second-order valence-electron chi connectivity index (χ2n) is 7.50. The number of hydrogen-bond donors (Lipinski definition) is 0. The Labute approximate surface area is 144 Å². The maximum absolute atomic E-state index is 4.57. The SMILES string of the molecule is Cc1cc(C)cc(-c2cccc(-c3ncc(C(C)(C)C)cn3)c2)c1. The molecule has 0 fully saturated rings. The monoisotopic (exact) mass is 316 g/mol. The van der Waals surface area contributed by atoms with Crippen molar-refractivity contribution in [3.8, 4) is 22.5 Å². The minimum absolute atomic E-state index is 0.0689. The Morgan fingerprint density at radius 3 is 1.88 bits per heavy atom. The van der Waals surface area contributed by atoms with Crippen LogP contribution >= 0.6 is 0 Å². The van der Waals surface area contributed by atoms with Gasteiger partial charge in [0.2, 0.25) is 0 Å². The van der Waals surface area contributed by atoms with E-state index in [0.717, 1.165) is 17.0 Å². The number of benzene rings is 2. The molecule has 0 aliphatic heterocycles. The molecular formula is C22H24N2. The van der Waals surface area contributed by atoms with Crippen LogP contribution in [0.15, 0.2) is 54.9 Å². The average molecular weight is 316 g/mol. The van der Waals surface area contributed by atoms with Gasteiger partial charge < -0.3 is 0 Å². The van der Waals surface area contributed by atoms with E-state index in [1.54, 1.807) is 0 Å². The van der Waals surface area contributed by atoms with E-state index in [4.69, 9.17) is 0 Å². The lowest BCUT2D eigenvalue weighted by molar-refractivity contribution is 0.584. The number of aromatic nitrogens is 2. The van der Waals surface area contributed by atoms with E-state index in [9.17, 15) is 0 Å². The summed E-state index contributed by atoms with van der Waals surface area (Å²) in [6, 6.07) is 15.1. The minimum atomic E-state index is 0.0689. The molecule has 0 aliphatic rings. The van der Waals surface area contributed by atoms with Crippen LogP contribution in [0.1, 0.15) is 37.5 Å². The Bertz CT molecular complexity index is 836. The quantitative estimate of drug-likeness (QED) is 0.604. The van der Waals surface area contributed by atoms with Crippen LogP contribution in [0, 0.1) is 13.8 Å². The van der Waals surface area contributed by atoms with Gasteiger partial charge in [0, 0.05) is 18.0 Å². The molecule has 122 valence electrons. The molecule has 1 heterocycles. The number of rotatable bonds is 2. The lowest BCUT2D eigenvalue weighted by atomic mass is 9.89. The summed E-state index contributed by atoms with van der Waals surface area (Å²) in [5.74, 6) is 0.772. The number of hydrogen-bond acceptors (Lipinski definition) is 2. The Morgan fingerprint density at radius 1 is 0.708 bits per heavy atom. The van der Waals surface area contributed by atoms with Gasteiger partial charge in [0.1, 0.15) is 0 Å². The fraction of sp³-hybridized carbons (Fsp3) is 0.273. The van der Waals surface area contributed by atoms with Crippen molar-refractivity contribution in [2.45, 2.75) is 40.0 Å². The fourth-order valence-corrected chi connectivity index (χ4v) is 2.84. The van der Waals surface area contributed by atoms with Crippen molar-refractivity contribution >= 4 is 0 Å². The summed E-state index contributed by atoms with van der Waals surface area (Å²) in [6.45, 7) is 10.8. The molecule has 0 spiro atoms. The Kier molecular flexibility index (Phi) is 4.23. The molecular weight excluding hydrogens is 292 g/mol. The molecule has 0 atom stereocenters. The predicted molar refractivity (Wildman–Crippen MR) is 101 cm³/mol. The number of aryl methyl sites for hydroxylation is 2. The first-order valence-corrected chi connectivity index (χ1v) is 8.34. The van der Waals surface area contributed by atoms with Crippen molar-refractivity contribution in [3.63, 3.8) is 0 Å². The van der Waals surface area contributed by atoms with Crippen molar-refractivity contribution in [2.75, 3.05) is 0 Å². The van der Waals surface area contributed by atoms with Crippen LogP contribution in [-0.4, -0.2) is 9.97 Å². The van der Waals surface area contributed by atoms with Gasteiger partial charge in [-0.1, -0.05) is 68.3 Å². The molecule has 2 aromatic carbocycles. The molecule has 24 heavy (non-hydrogen) atoms. The molecule has 1 aromatic heterocycles. The van der Waals surface area contributed by atoms with Crippen LogP contribution in [0.5, 0.6) is 0 Å². The zero-order chi connectivity index (χ0) is 17.3. The molecule has 2 nitrogen and oxygen atoms in total. The number of nitrogens with zero attached hydrogens (tertiary/aromatic N) is 2. The van der Waals surface area contributed by atoms with Gasteiger partial charge in [-0.3, -0.25) is 0 Å². The topological polar surface area (TPSA) is 25.8 Å². The molecule has 2 heteroatoms. The largest absolute Gasteiger partial charge is 0.236 e. The van der Waals surface area contributed by atoms with E-state index in [1.807, 2.05) is 12.4 Å². The Balaban J connectivity index is 1.99. The maximum Gasteiger partial charge on any atom is 0.159 e. The zero-order valence-electron chi connectivity index (χ0n) is 15.1. The van der Waals surface area contributed by atoms with Gasteiger partial charge in [-0.05, 0) is 42.0 Å².